The number of carbonyl (C=O) groups excluding carboxylic acids is 1. The zero-order chi connectivity index (χ0) is 15.5. The highest BCUT2D eigenvalue weighted by Crippen LogP contribution is 2.31. The van der Waals surface area contributed by atoms with Crippen LogP contribution in [0.5, 0.6) is 0 Å². The Morgan fingerprint density at radius 3 is 3.14 bits per heavy atom. The van der Waals surface area contributed by atoms with Crippen LogP contribution in [0, 0.1) is 0 Å². The Morgan fingerprint density at radius 2 is 2.45 bits per heavy atom. The first-order valence-corrected chi connectivity index (χ1v) is 8.43. The number of hydrogen-bond acceptors (Lipinski definition) is 4. The molecular weight excluding hydrogens is 324 g/mol. The van der Waals surface area contributed by atoms with E-state index in [0.717, 1.165) is 12.8 Å². The predicted octanol–water partition coefficient (Wildman–Crippen LogP) is 4.11. The fourth-order valence-corrected chi connectivity index (χ4v) is 3.61. The molecule has 5 nitrogen and oxygen atoms in total. The molecule has 0 radical (unpaired) electrons. The van der Waals surface area contributed by atoms with Gasteiger partial charge in [-0.3, -0.25) is 0 Å². The molecule has 7 heteroatoms. The van der Waals surface area contributed by atoms with Crippen molar-refractivity contribution in [2.75, 3.05) is 11.9 Å². The third kappa shape index (κ3) is 3.29. The highest BCUT2D eigenvalue weighted by molar-refractivity contribution is 7.15. The topological polar surface area (TPSA) is 65.7 Å². The molecule has 22 heavy (non-hydrogen) atoms. The van der Waals surface area contributed by atoms with Gasteiger partial charge in [0.15, 0.2) is 0 Å². The lowest BCUT2D eigenvalue weighted by atomic mass is 10.1. The minimum absolute atomic E-state index is 0.00230. The number of rotatable bonds is 4. The van der Waals surface area contributed by atoms with Gasteiger partial charge in [-0.15, -0.1) is 11.3 Å². The Labute approximate surface area is 137 Å². The monoisotopic (exact) mass is 340 g/mol. The van der Waals surface area contributed by atoms with Crippen LogP contribution in [0.3, 0.4) is 0 Å². The van der Waals surface area contributed by atoms with Gasteiger partial charge in [0.25, 0.3) is 0 Å². The lowest BCUT2D eigenvalue weighted by Crippen LogP contribution is -2.39. The van der Waals surface area contributed by atoms with Crippen LogP contribution in [-0.4, -0.2) is 28.6 Å². The van der Waals surface area contributed by atoms with Crippen LogP contribution in [0.2, 0.25) is 4.34 Å². The van der Waals surface area contributed by atoms with Crippen molar-refractivity contribution in [3.05, 3.63) is 39.9 Å². The van der Waals surface area contributed by atoms with E-state index < -0.39 is 6.10 Å². The van der Waals surface area contributed by atoms with Crippen molar-refractivity contribution < 1.29 is 14.3 Å². The molecule has 2 aromatic heterocycles. The van der Waals surface area contributed by atoms with Crippen molar-refractivity contribution in [2.24, 2.45) is 0 Å². The van der Waals surface area contributed by atoms with E-state index in [-0.39, 0.29) is 12.1 Å². The van der Waals surface area contributed by atoms with Crippen molar-refractivity contribution in [3.63, 3.8) is 0 Å². The predicted molar refractivity (Wildman–Crippen MR) is 86.4 cm³/mol. The van der Waals surface area contributed by atoms with Gasteiger partial charge in [0.2, 0.25) is 0 Å². The average molecular weight is 341 g/mol. The molecule has 2 unspecified atom stereocenters. The third-order valence-electron chi connectivity index (χ3n) is 3.86. The zero-order valence-electron chi connectivity index (χ0n) is 11.9. The number of amides is 2. The summed E-state index contributed by atoms with van der Waals surface area (Å²) in [5, 5.41) is 14.9. The number of anilines is 1. The van der Waals surface area contributed by atoms with Crippen molar-refractivity contribution in [1.29, 1.82) is 0 Å². The minimum Gasteiger partial charge on any atom is -0.467 e. The summed E-state index contributed by atoms with van der Waals surface area (Å²) in [7, 11) is 0. The molecule has 2 atom stereocenters. The Balaban J connectivity index is 1.62. The quantitative estimate of drug-likeness (QED) is 0.880. The van der Waals surface area contributed by atoms with Crippen LogP contribution in [0.4, 0.5) is 10.5 Å². The number of hydrogen-bond donors (Lipinski definition) is 2. The van der Waals surface area contributed by atoms with Crippen LogP contribution in [0.25, 0.3) is 0 Å². The number of aliphatic hydroxyl groups is 1. The molecule has 2 amide bonds. The normalized spacial score (nSPS) is 19.4. The van der Waals surface area contributed by atoms with Crippen molar-refractivity contribution >= 4 is 34.7 Å². The number of nitrogens with zero attached hydrogens (tertiary/aromatic N) is 1. The number of halogens is 1. The highest BCUT2D eigenvalue weighted by atomic mass is 35.5. The summed E-state index contributed by atoms with van der Waals surface area (Å²) in [6.07, 6.45) is 3.12. The van der Waals surface area contributed by atoms with Gasteiger partial charge in [-0.25, -0.2) is 4.79 Å². The lowest BCUT2D eigenvalue weighted by Gasteiger charge is -2.26. The number of furan rings is 1. The van der Waals surface area contributed by atoms with Crippen LogP contribution >= 0.6 is 22.9 Å². The molecule has 0 spiro atoms. The van der Waals surface area contributed by atoms with Gasteiger partial charge in [0.05, 0.1) is 12.0 Å². The highest BCUT2D eigenvalue weighted by Gasteiger charge is 2.31. The summed E-state index contributed by atoms with van der Waals surface area (Å²) < 4.78 is 5.79. The SMILES string of the molecule is O=C(Nc1ccsc1Cl)N1CCCC1CC(O)c1ccco1. The smallest absolute Gasteiger partial charge is 0.322 e. The Bertz CT molecular complexity index is 629. The summed E-state index contributed by atoms with van der Waals surface area (Å²) in [5.41, 5.74) is 0.633. The van der Waals surface area contributed by atoms with Gasteiger partial charge >= 0.3 is 6.03 Å². The molecule has 118 valence electrons. The van der Waals surface area contributed by atoms with Gasteiger partial charge in [-0.1, -0.05) is 11.6 Å². The van der Waals surface area contributed by atoms with E-state index in [1.165, 1.54) is 17.6 Å². The molecule has 3 rings (SSSR count). The molecule has 2 N–H and O–H groups in total. The zero-order valence-corrected chi connectivity index (χ0v) is 13.4. The maximum absolute atomic E-state index is 12.4. The Kier molecular flexibility index (Phi) is 4.71. The first-order valence-electron chi connectivity index (χ1n) is 7.17. The Morgan fingerprint density at radius 1 is 1.59 bits per heavy atom. The second-order valence-electron chi connectivity index (χ2n) is 5.29. The van der Waals surface area contributed by atoms with E-state index in [9.17, 15) is 9.90 Å². The molecule has 3 heterocycles. The van der Waals surface area contributed by atoms with E-state index in [4.69, 9.17) is 16.0 Å². The molecule has 0 aliphatic carbocycles. The summed E-state index contributed by atoms with van der Waals surface area (Å²) in [4.78, 5) is 14.2. The average Bonchev–Trinajstić information content (AvgIpc) is 3.21. The third-order valence-corrected chi connectivity index (χ3v) is 5.03. The maximum atomic E-state index is 12.4. The first kappa shape index (κ1) is 15.4. The van der Waals surface area contributed by atoms with Crippen LogP contribution in [0.15, 0.2) is 34.3 Å². The van der Waals surface area contributed by atoms with Gasteiger partial charge in [-0.05, 0) is 36.4 Å². The van der Waals surface area contributed by atoms with Crippen molar-refractivity contribution in [3.8, 4) is 0 Å². The summed E-state index contributed by atoms with van der Waals surface area (Å²) in [6, 6.07) is 5.10. The van der Waals surface area contributed by atoms with Crippen molar-refractivity contribution in [2.45, 2.75) is 31.4 Å². The number of urea groups is 1. The fourth-order valence-electron chi connectivity index (χ4n) is 2.77. The maximum Gasteiger partial charge on any atom is 0.322 e. The number of thiophene rings is 1. The standard InChI is InChI=1S/C15H17ClN2O3S/c16-14-11(5-8-22-14)17-15(20)18-6-1-3-10(18)9-12(19)13-4-2-7-21-13/h2,4-5,7-8,10,12,19H,1,3,6,9H2,(H,17,20). The lowest BCUT2D eigenvalue weighted by molar-refractivity contribution is 0.110. The summed E-state index contributed by atoms with van der Waals surface area (Å²) in [5.74, 6) is 0.535. The molecule has 1 fully saturated rings. The van der Waals surface area contributed by atoms with E-state index in [2.05, 4.69) is 5.32 Å². The summed E-state index contributed by atoms with van der Waals surface area (Å²) in [6.45, 7) is 0.684. The second kappa shape index (κ2) is 6.73. The van der Waals surface area contributed by atoms with Crippen molar-refractivity contribution in [1.82, 2.24) is 4.90 Å². The second-order valence-corrected chi connectivity index (χ2v) is 6.81. The molecular formula is C15H17ClN2O3S. The molecule has 0 aromatic carbocycles. The number of nitrogens with one attached hydrogen (secondary N) is 1. The van der Waals surface area contributed by atoms with Gasteiger partial charge in [0.1, 0.15) is 16.2 Å². The van der Waals surface area contributed by atoms with Crippen LogP contribution < -0.4 is 5.32 Å². The first-order chi connectivity index (χ1) is 10.6. The Hall–Kier alpha value is -1.50. The molecule has 1 aliphatic rings. The number of carbonyl (C=O) groups is 1. The number of likely N-dealkylation sites (tertiary alicyclic amines) is 1. The largest absolute Gasteiger partial charge is 0.467 e. The van der Waals surface area contributed by atoms with Gasteiger partial charge in [-0.2, -0.15) is 0 Å². The molecule has 1 aliphatic heterocycles. The molecule has 0 saturated carbocycles. The summed E-state index contributed by atoms with van der Waals surface area (Å²) >= 11 is 7.39. The van der Waals surface area contributed by atoms with E-state index in [1.807, 2.05) is 5.38 Å². The molecule has 1 saturated heterocycles. The molecule has 2 aromatic rings. The van der Waals surface area contributed by atoms with Crippen LogP contribution in [-0.2, 0) is 0 Å². The van der Waals surface area contributed by atoms with Gasteiger partial charge in [0, 0.05) is 19.0 Å². The van der Waals surface area contributed by atoms with Gasteiger partial charge < -0.3 is 19.7 Å². The number of aliphatic hydroxyl groups excluding tert-OH is 1. The van der Waals surface area contributed by atoms with E-state index >= 15 is 0 Å². The van der Waals surface area contributed by atoms with E-state index in [1.54, 1.807) is 23.1 Å². The molecule has 0 bridgehead atoms. The fraction of sp³-hybridized carbons (Fsp3) is 0.400. The minimum atomic E-state index is -0.696. The van der Waals surface area contributed by atoms with E-state index in [0.29, 0.717) is 28.7 Å². The van der Waals surface area contributed by atoms with Crippen LogP contribution in [0.1, 0.15) is 31.1 Å².